The summed E-state index contributed by atoms with van der Waals surface area (Å²) in [7, 11) is 0. The SMILES string of the molecule is CCN1CCCC1CNC(=O)CC(O)c1cccc(F)c1. The first kappa shape index (κ1) is 15.9. The lowest BCUT2D eigenvalue weighted by Gasteiger charge is -2.23. The van der Waals surface area contributed by atoms with E-state index in [2.05, 4.69) is 17.1 Å². The van der Waals surface area contributed by atoms with Gasteiger partial charge in [0.05, 0.1) is 12.5 Å². The van der Waals surface area contributed by atoms with Gasteiger partial charge in [-0.25, -0.2) is 4.39 Å². The summed E-state index contributed by atoms with van der Waals surface area (Å²) >= 11 is 0. The summed E-state index contributed by atoms with van der Waals surface area (Å²) in [6, 6.07) is 6.12. The lowest BCUT2D eigenvalue weighted by Crippen LogP contribution is -2.40. The summed E-state index contributed by atoms with van der Waals surface area (Å²) < 4.78 is 13.1. The topological polar surface area (TPSA) is 52.6 Å². The standard InChI is InChI=1S/C16H23FN2O2/c1-2-19-8-4-7-14(19)11-18-16(21)10-15(20)12-5-3-6-13(17)9-12/h3,5-6,9,14-15,20H,2,4,7-8,10-11H2,1H3,(H,18,21). The van der Waals surface area contributed by atoms with Crippen molar-refractivity contribution in [1.29, 1.82) is 0 Å². The number of aliphatic hydroxyl groups excluding tert-OH is 1. The number of halogens is 1. The molecule has 2 N–H and O–H groups in total. The highest BCUT2D eigenvalue weighted by atomic mass is 19.1. The minimum Gasteiger partial charge on any atom is -0.388 e. The fraction of sp³-hybridized carbons (Fsp3) is 0.562. The summed E-state index contributed by atoms with van der Waals surface area (Å²) in [6.45, 7) is 4.81. The van der Waals surface area contributed by atoms with E-state index < -0.39 is 11.9 Å². The average molecular weight is 294 g/mol. The average Bonchev–Trinajstić information content (AvgIpc) is 2.92. The van der Waals surface area contributed by atoms with Crippen LogP contribution >= 0.6 is 0 Å². The zero-order chi connectivity index (χ0) is 15.2. The predicted octanol–water partition coefficient (Wildman–Crippen LogP) is 1.85. The first-order valence-corrected chi connectivity index (χ1v) is 7.54. The van der Waals surface area contributed by atoms with E-state index in [-0.39, 0.29) is 12.3 Å². The molecule has 4 nitrogen and oxygen atoms in total. The van der Waals surface area contributed by atoms with E-state index in [1.165, 1.54) is 24.6 Å². The number of likely N-dealkylation sites (N-methyl/N-ethyl adjacent to an activating group) is 1. The van der Waals surface area contributed by atoms with Gasteiger partial charge >= 0.3 is 0 Å². The molecule has 0 aliphatic carbocycles. The molecule has 2 rings (SSSR count). The third kappa shape index (κ3) is 4.51. The smallest absolute Gasteiger partial charge is 0.223 e. The van der Waals surface area contributed by atoms with Crippen LogP contribution in [0.25, 0.3) is 0 Å². The maximum atomic E-state index is 13.1. The molecule has 1 saturated heterocycles. The fourth-order valence-electron chi connectivity index (χ4n) is 2.85. The van der Waals surface area contributed by atoms with Crippen LogP contribution in [-0.2, 0) is 4.79 Å². The fourth-order valence-corrected chi connectivity index (χ4v) is 2.85. The van der Waals surface area contributed by atoms with Crippen molar-refractivity contribution in [1.82, 2.24) is 10.2 Å². The number of hydrogen-bond donors (Lipinski definition) is 2. The normalized spacial score (nSPS) is 20.4. The number of benzene rings is 1. The quantitative estimate of drug-likeness (QED) is 0.842. The number of likely N-dealkylation sites (tertiary alicyclic amines) is 1. The third-order valence-corrected chi connectivity index (χ3v) is 4.05. The molecule has 0 spiro atoms. The second-order valence-electron chi connectivity index (χ2n) is 5.50. The van der Waals surface area contributed by atoms with Crippen LogP contribution in [0.5, 0.6) is 0 Å². The van der Waals surface area contributed by atoms with Gasteiger partial charge in [0.15, 0.2) is 0 Å². The van der Waals surface area contributed by atoms with Gasteiger partial charge < -0.3 is 10.4 Å². The highest BCUT2D eigenvalue weighted by Gasteiger charge is 2.23. The Kier molecular flexibility index (Phi) is 5.70. The summed E-state index contributed by atoms with van der Waals surface area (Å²) in [6.07, 6.45) is 1.26. The Bertz CT molecular complexity index is 481. The van der Waals surface area contributed by atoms with E-state index >= 15 is 0 Å². The number of carbonyl (C=O) groups is 1. The summed E-state index contributed by atoms with van der Waals surface area (Å²) in [5, 5.41) is 12.8. The molecule has 116 valence electrons. The minimum absolute atomic E-state index is 0.0394. The molecule has 0 aromatic heterocycles. The Morgan fingerprint density at radius 1 is 1.57 bits per heavy atom. The van der Waals surface area contributed by atoms with Gasteiger partial charge in [0.1, 0.15) is 5.82 Å². The molecule has 0 saturated carbocycles. The number of nitrogens with one attached hydrogen (secondary N) is 1. The van der Waals surface area contributed by atoms with Crippen LogP contribution in [0.3, 0.4) is 0 Å². The zero-order valence-corrected chi connectivity index (χ0v) is 12.4. The van der Waals surface area contributed by atoms with Crippen molar-refractivity contribution in [2.75, 3.05) is 19.6 Å². The lowest BCUT2D eigenvalue weighted by molar-refractivity contribution is -0.123. The van der Waals surface area contributed by atoms with Crippen molar-refractivity contribution >= 4 is 5.91 Å². The van der Waals surface area contributed by atoms with Crippen molar-refractivity contribution in [2.45, 2.75) is 38.3 Å². The molecule has 1 aromatic carbocycles. The molecule has 1 aliphatic heterocycles. The number of amides is 1. The molecule has 1 fully saturated rings. The Labute approximate surface area is 125 Å². The summed E-state index contributed by atoms with van der Waals surface area (Å²) in [5.41, 5.74) is 0.432. The van der Waals surface area contributed by atoms with Crippen LogP contribution in [0.1, 0.15) is 37.9 Å². The predicted molar refractivity (Wildman–Crippen MR) is 79.3 cm³/mol. The van der Waals surface area contributed by atoms with Gasteiger partial charge in [-0.05, 0) is 43.6 Å². The van der Waals surface area contributed by atoms with Crippen LogP contribution in [0.15, 0.2) is 24.3 Å². The molecule has 1 aromatic rings. The van der Waals surface area contributed by atoms with E-state index in [4.69, 9.17) is 0 Å². The number of carbonyl (C=O) groups excluding carboxylic acids is 1. The Balaban J connectivity index is 1.79. The van der Waals surface area contributed by atoms with Gasteiger partial charge in [-0.15, -0.1) is 0 Å². The van der Waals surface area contributed by atoms with Gasteiger partial charge in [0, 0.05) is 12.6 Å². The Hall–Kier alpha value is -1.46. The van der Waals surface area contributed by atoms with Crippen LogP contribution in [-0.4, -0.2) is 41.6 Å². The van der Waals surface area contributed by atoms with Crippen molar-refractivity contribution < 1.29 is 14.3 Å². The van der Waals surface area contributed by atoms with E-state index in [9.17, 15) is 14.3 Å². The van der Waals surface area contributed by atoms with E-state index in [0.29, 0.717) is 18.2 Å². The Morgan fingerprint density at radius 2 is 2.38 bits per heavy atom. The molecule has 0 bridgehead atoms. The third-order valence-electron chi connectivity index (χ3n) is 4.05. The molecule has 5 heteroatoms. The minimum atomic E-state index is -0.966. The molecular formula is C16H23FN2O2. The first-order chi connectivity index (χ1) is 10.1. The second-order valence-corrected chi connectivity index (χ2v) is 5.50. The summed E-state index contributed by atoms with van der Waals surface area (Å²) in [5.74, 6) is -0.605. The van der Waals surface area contributed by atoms with Crippen molar-refractivity contribution in [3.05, 3.63) is 35.6 Å². The molecule has 21 heavy (non-hydrogen) atoms. The number of aliphatic hydroxyl groups is 1. The molecule has 1 heterocycles. The zero-order valence-electron chi connectivity index (χ0n) is 12.4. The van der Waals surface area contributed by atoms with Crippen molar-refractivity contribution in [2.24, 2.45) is 0 Å². The van der Waals surface area contributed by atoms with Gasteiger partial charge in [0.25, 0.3) is 0 Å². The molecule has 0 radical (unpaired) electrons. The number of nitrogens with zero attached hydrogens (tertiary/aromatic N) is 1. The largest absolute Gasteiger partial charge is 0.388 e. The van der Waals surface area contributed by atoms with Crippen molar-refractivity contribution in [3.63, 3.8) is 0 Å². The first-order valence-electron chi connectivity index (χ1n) is 7.54. The molecule has 1 amide bonds. The molecule has 1 aliphatic rings. The molecule has 2 unspecified atom stereocenters. The van der Waals surface area contributed by atoms with Gasteiger partial charge in [0.2, 0.25) is 5.91 Å². The Morgan fingerprint density at radius 3 is 3.10 bits per heavy atom. The number of hydrogen-bond acceptors (Lipinski definition) is 3. The van der Waals surface area contributed by atoms with Gasteiger partial charge in [-0.1, -0.05) is 19.1 Å². The number of rotatable bonds is 6. The van der Waals surface area contributed by atoms with Crippen LogP contribution in [0, 0.1) is 5.82 Å². The highest BCUT2D eigenvalue weighted by Crippen LogP contribution is 2.18. The second kappa shape index (κ2) is 7.52. The van der Waals surface area contributed by atoms with Gasteiger partial charge in [-0.3, -0.25) is 9.69 Å². The van der Waals surface area contributed by atoms with E-state index in [0.717, 1.165) is 19.5 Å². The molecular weight excluding hydrogens is 271 g/mol. The highest BCUT2D eigenvalue weighted by molar-refractivity contribution is 5.76. The monoisotopic (exact) mass is 294 g/mol. The summed E-state index contributed by atoms with van der Waals surface area (Å²) in [4.78, 5) is 14.2. The van der Waals surface area contributed by atoms with Crippen LogP contribution in [0.2, 0.25) is 0 Å². The van der Waals surface area contributed by atoms with E-state index in [1.807, 2.05) is 0 Å². The van der Waals surface area contributed by atoms with Crippen LogP contribution in [0.4, 0.5) is 4.39 Å². The van der Waals surface area contributed by atoms with Crippen molar-refractivity contribution in [3.8, 4) is 0 Å². The lowest BCUT2D eigenvalue weighted by atomic mass is 10.1. The van der Waals surface area contributed by atoms with Crippen LogP contribution < -0.4 is 5.32 Å². The van der Waals surface area contributed by atoms with Gasteiger partial charge in [-0.2, -0.15) is 0 Å². The van der Waals surface area contributed by atoms with E-state index in [1.54, 1.807) is 6.07 Å². The maximum absolute atomic E-state index is 13.1. The molecule has 2 atom stereocenters. The maximum Gasteiger partial charge on any atom is 0.223 e.